The minimum atomic E-state index is -3.76. The van der Waals surface area contributed by atoms with Crippen LogP contribution in [0.2, 0.25) is 0 Å². The van der Waals surface area contributed by atoms with Gasteiger partial charge in [-0.3, -0.25) is 9.59 Å². The van der Waals surface area contributed by atoms with Gasteiger partial charge in [0.1, 0.15) is 0 Å². The molecule has 1 unspecified atom stereocenters. The molecule has 3 N–H and O–H groups in total. The molecule has 0 radical (unpaired) electrons. The molecule has 0 fully saturated rings. The summed E-state index contributed by atoms with van der Waals surface area (Å²) in [6.45, 7) is 7.70. The molecular formula is C18H28N4O4S. The second kappa shape index (κ2) is 7.47. The van der Waals surface area contributed by atoms with Crippen LogP contribution in [0, 0.1) is 0 Å². The van der Waals surface area contributed by atoms with Crippen LogP contribution in [0.15, 0.2) is 23.1 Å². The van der Waals surface area contributed by atoms with Crippen LogP contribution in [0.5, 0.6) is 0 Å². The van der Waals surface area contributed by atoms with Gasteiger partial charge in [0.25, 0.3) is 0 Å². The number of hydrogen-bond donors (Lipinski definition) is 2. The van der Waals surface area contributed by atoms with Gasteiger partial charge in [0.15, 0.2) is 0 Å². The van der Waals surface area contributed by atoms with Gasteiger partial charge in [-0.05, 0) is 57.9 Å². The SMILES string of the molecule is CC1Cc2cc(S(N)(=O)=O)ccc2N1CC(=O)N(C)CC(=O)NC(C)(C)C. The third kappa shape index (κ3) is 5.43. The van der Waals surface area contributed by atoms with Gasteiger partial charge in [0.05, 0.1) is 18.0 Å². The lowest BCUT2D eigenvalue weighted by atomic mass is 10.1. The van der Waals surface area contributed by atoms with Gasteiger partial charge in [-0.15, -0.1) is 0 Å². The molecular weight excluding hydrogens is 368 g/mol. The minimum Gasteiger partial charge on any atom is -0.359 e. The number of hydrogen-bond acceptors (Lipinski definition) is 5. The van der Waals surface area contributed by atoms with E-state index in [0.717, 1.165) is 11.3 Å². The minimum absolute atomic E-state index is 0.0183. The van der Waals surface area contributed by atoms with E-state index in [2.05, 4.69) is 5.32 Å². The standard InChI is InChI=1S/C18H28N4O4S/c1-12-8-13-9-14(27(19,25)26)6-7-15(13)22(12)11-17(24)21(5)10-16(23)20-18(2,3)4/h6-7,9,12H,8,10-11H2,1-5H3,(H,20,23)(H2,19,25,26). The number of carbonyl (C=O) groups excluding carboxylic acids is 2. The lowest BCUT2D eigenvalue weighted by molar-refractivity contribution is -0.134. The molecule has 1 aliphatic rings. The number of likely N-dealkylation sites (N-methyl/N-ethyl adjacent to an activating group) is 1. The van der Waals surface area contributed by atoms with Crippen LogP contribution in [-0.2, 0) is 26.0 Å². The van der Waals surface area contributed by atoms with E-state index in [1.54, 1.807) is 19.2 Å². The summed E-state index contributed by atoms with van der Waals surface area (Å²) in [7, 11) is -2.17. The van der Waals surface area contributed by atoms with Gasteiger partial charge >= 0.3 is 0 Å². The molecule has 1 aromatic rings. The zero-order chi connectivity index (χ0) is 20.6. The van der Waals surface area contributed by atoms with Crippen molar-refractivity contribution >= 4 is 27.5 Å². The van der Waals surface area contributed by atoms with E-state index in [0.29, 0.717) is 6.42 Å². The van der Waals surface area contributed by atoms with Crippen LogP contribution in [0.1, 0.15) is 33.3 Å². The third-order valence-electron chi connectivity index (χ3n) is 4.36. The Morgan fingerprint density at radius 3 is 2.52 bits per heavy atom. The van der Waals surface area contributed by atoms with Gasteiger partial charge in [0.2, 0.25) is 21.8 Å². The monoisotopic (exact) mass is 396 g/mol. The van der Waals surface area contributed by atoms with Crippen molar-refractivity contribution in [2.24, 2.45) is 5.14 Å². The Labute approximate surface area is 160 Å². The molecule has 1 aromatic carbocycles. The van der Waals surface area contributed by atoms with Crippen LogP contribution < -0.4 is 15.4 Å². The first-order valence-corrected chi connectivity index (χ1v) is 10.3. The van der Waals surface area contributed by atoms with Crippen LogP contribution in [-0.4, -0.2) is 56.9 Å². The zero-order valence-electron chi connectivity index (χ0n) is 16.4. The molecule has 0 bridgehead atoms. The lowest BCUT2D eigenvalue weighted by Crippen LogP contribution is -2.48. The number of anilines is 1. The maximum atomic E-state index is 12.6. The van der Waals surface area contributed by atoms with Gasteiger partial charge in [-0.2, -0.15) is 0 Å². The number of sulfonamides is 1. The Balaban J connectivity index is 2.08. The highest BCUT2D eigenvalue weighted by Gasteiger charge is 2.30. The van der Waals surface area contributed by atoms with Gasteiger partial charge in [0, 0.05) is 24.3 Å². The number of nitrogens with one attached hydrogen (secondary N) is 1. The predicted molar refractivity (Wildman–Crippen MR) is 104 cm³/mol. The third-order valence-corrected chi connectivity index (χ3v) is 5.27. The number of primary sulfonamides is 1. The number of rotatable bonds is 5. The first kappa shape index (κ1) is 21.2. The molecule has 1 heterocycles. The number of nitrogens with zero attached hydrogens (tertiary/aromatic N) is 2. The number of amides is 2. The number of nitrogens with two attached hydrogens (primary N) is 1. The molecule has 0 aromatic heterocycles. The topological polar surface area (TPSA) is 113 Å². The van der Waals surface area contributed by atoms with Crippen LogP contribution in [0.25, 0.3) is 0 Å². The molecule has 27 heavy (non-hydrogen) atoms. The highest BCUT2D eigenvalue weighted by molar-refractivity contribution is 7.89. The Morgan fingerprint density at radius 2 is 1.96 bits per heavy atom. The molecule has 150 valence electrons. The number of benzene rings is 1. The second-order valence-electron chi connectivity index (χ2n) is 8.06. The van der Waals surface area contributed by atoms with Crippen molar-refractivity contribution in [1.82, 2.24) is 10.2 Å². The summed E-state index contributed by atoms with van der Waals surface area (Å²) >= 11 is 0. The highest BCUT2D eigenvalue weighted by Crippen LogP contribution is 2.33. The van der Waals surface area contributed by atoms with Crippen molar-refractivity contribution in [3.05, 3.63) is 23.8 Å². The van der Waals surface area contributed by atoms with E-state index in [1.807, 2.05) is 32.6 Å². The Hall–Kier alpha value is -2.13. The van der Waals surface area contributed by atoms with Crippen molar-refractivity contribution in [3.8, 4) is 0 Å². The molecule has 2 rings (SSSR count). The summed E-state index contributed by atoms with van der Waals surface area (Å²) in [5.74, 6) is -0.403. The Kier molecular flexibility index (Phi) is 5.86. The Morgan fingerprint density at radius 1 is 1.33 bits per heavy atom. The smallest absolute Gasteiger partial charge is 0.242 e. The predicted octanol–water partition coefficient (Wildman–Crippen LogP) is 0.458. The van der Waals surface area contributed by atoms with Crippen molar-refractivity contribution in [1.29, 1.82) is 0 Å². The molecule has 0 aliphatic carbocycles. The molecule has 0 saturated carbocycles. The summed E-state index contributed by atoms with van der Waals surface area (Å²) in [6, 6.07) is 4.73. The fourth-order valence-corrected chi connectivity index (χ4v) is 3.68. The first-order valence-electron chi connectivity index (χ1n) is 8.75. The fourth-order valence-electron chi connectivity index (χ4n) is 3.12. The van der Waals surface area contributed by atoms with Crippen LogP contribution in [0.4, 0.5) is 5.69 Å². The molecule has 2 amide bonds. The first-order chi connectivity index (χ1) is 12.3. The van der Waals surface area contributed by atoms with Gasteiger partial charge in [-0.1, -0.05) is 0 Å². The van der Waals surface area contributed by atoms with Gasteiger partial charge in [-0.25, -0.2) is 13.6 Å². The van der Waals surface area contributed by atoms with Crippen LogP contribution >= 0.6 is 0 Å². The Bertz CT molecular complexity index is 845. The molecule has 1 aliphatic heterocycles. The normalized spacial score (nSPS) is 16.8. The van der Waals surface area contributed by atoms with Crippen molar-refractivity contribution < 1.29 is 18.0 Å². The van der Waals surface area contributed by atoms with E-state index in [4.69, 9.17) is 5.14 Å². The lowest BCUT2D eigenvalue weighted by Gasteiger charge is -2.28. The quantitative estimate of drug-likeness (QED) is 0.751. The van der Waals surface area contributed by atoms with Crippen LogP contribution in [0.3, 0.4) is 0 Å². The van der Waals surface area contributed by atoms with Crippen molar-refractivity contribution in [2.75, 3.05) is 25.0 Å². The van der Waals surface area contributed by atoms with Gasteiger partial charge < -0.3 is 15.1 Å². The molecule has 9 heteroatoms. The maximum Gasteiger partial charge on any atom is 0.242 e. The fraction of sp³-hybridized carbons (Fsp3) is 0.556. The second-order valence-corrected chi connectivity index (χ2v) is 9.63. The molecule has 8 nitrogen and oxygen atoms in total. The van der Waals surface area contributed by atoms with E-state index < -0.39 is 10.0 Å². The highest BCUT2D eigenvalue weighted by atomic mass is 32.2. The summed E-state index contributed by atoms with van der Waals surface area (Å²) in [5, 5.41) is 8.02. The molecule has 0 spiro atoms. The zero-order valence-corrected chi connectivity index (χ0v) is 17.3. The molecule has 1 atom stereocenters. The summed E-state index contributed by atoms with van der Waals surface area (Å²) in [5.41, 5.74) is 1.30. The summed E-state index contributed by atoms with van der Waals surface area (Å²) < 4.78 is 23.1. The summed E-state index contributed by atoms with van der Waals surface area (Å²) in [6.07, 6.45) is 0.625. The average molecular weight is 397 g/mol. The van der Waals surface area contributed by atoms with E-state index in [-0.39, 0.29) is 41.4 Å². The van der Waals surface area contributed by atoms with Crippen molar-refractivity contribution in [2.45, 2.75) is 50.6 Å². The average Bonchev–Trinajstić information content (AvgIpc) is 2.79. The summed E-state index contributed by atoms with van der Waals surface area (Å²) in [4.78, 5) is 28.0. The van der Waals surface area contributed by atoms with E-state index >= 15 is 0 Å². The molecule has 0 saturated heterocycles. The van der Waals surface area contributed by atoms with E-state index in [1.165, 1.54) is 11.0 Å². The van der Waals surface area contributed by atoms with E-state index in [9.17, 15) is 18.0 Å². The van der Waals surface area contributed by atoms with Crippen molar-refractivity contribution in [3.63, 3.8) is 0 Å². The number of carbonyl (C=O) groups is 2. The number of fused-ring (bicyclic) bond motifs is 1. The maximum absolute atomic E-state index is 12.6. The largest absolute Gasteiger partial charge is 0.359 e.